The largest absolute Gasteiger partial charge is 0.339 e. The molecule has 5 heteroatoms. The van der Waals surface area contributed by atoms with Crippen molar-refractivity contribution in [3.8, 4) is 0 Å². The van der Waals surface area contributed by atoms with E-state index < -0.39 is 0 Å². The molecule has 1 saturated carbocycles. The van der Waals surface area contributed by atoms with Crippen molar-refractivity contribution in [2.75, 3.05) is 32.0 Å². The van der Waals surface area contributed by atoms with E-state index in [9.17, 15) is 9.59 Å². The molecule has 1 fully saturated rings. The van der Waals surface area contributed by atoms with Gasteiger partial charge in [0.15, 0.2) is 0 Å². The average Bonchev–Trinajstić information content (AvgIpc) is 2.58. The molecule has 1 aromatic carbocycles. The molecular formula is C20H31N3O2. The van der Waals surface area contributed by atoms with Gasteiger partial charge in [0, 0.05) is 18.3 Å². The van der Waals surface area contributed by atoms with Crippen molar-refractivity contribution in [2.24, 2.45) is 0 Å². The standard InChI is InChI=1S/C20H31N3O2/c1-4-23(18-8-6-5-7-9-18)20(25)15-22(3)14-19(24)21-17-12-10-16(2)11-13-17/h10-13,18H,4-9,14-15H2,1-3H3,(H,21,24). The van der Waals surface area contributed by atoms with Gasteiger partial charge in [0.05, 0.1) is 13.1 Å². The number of likely N-dealkylation sites (N-methyl/N-ethyl adjacent to an activating group) is 2. The average molecular weight is 345 g/mol. The lowest BCUT2D eigenvalue weighted by Crippen LogP contribution is -2.46. The number of anilines is 1. The van der Waals surface area contributed by atoms with Gasteiger partial charge >= 0.3 is 0 Å². The summed E-state index contributed by atoms with van der Waals surface area (Å²) in [7, 11) is 1.82. The lowest BCUT2D eigenvalue weighted by atomic mass is 9.94. The summed E-state index contributed by atoms with van der Waals surface area (Å²) in [6.45, 7) is 5.29. The number of amides is 2. The second-order valence-corrected chi connectivity index (χ2v) is 7.06. The number of carbonyl (C=O) groups excluding carboxylic acids is 2. The topological polar surface area (TPSA) is 52.7 Å². The molecule has 138 valence electrons. The number of hydrogen-bond donors (Lipinski definition) is 1. The minimum Gasteiger partial charge on any atom is -0.339 e. The zero-order chi connectivity index (χ0) is 18.2. The summed E-state index contributed by atoms with van der Waals surface area (Å²) in [5.74, 6) is 0.0277. The van der Waals surface area contributed by atoms with Gasteiger partial charge in [0.1, 0.15) is 0 Å². The first-order valence-electron chi connectivity index (χ1n) is 9.34. The van der Waals surface area contributed by atoms with Gasteiger partial charge in [0.2, 0.25) is 11.8 Å². The normalized spacial score (nSPS) is 15.2. The van der Waals surface area contributed by atoms with Crippen LogP contribution in [0.3, 0.4) is 0 Å². The molecule has 5 nitrogen and oxygen atoms in total. The molecule has 0 bridgehead atoms. The number of nitrogens with one attached hydrogen (secondary N) is 1. The first-order valence-corrected chi connectivity index (χ1v) is 9.34. The Labute approximate surface area is 151 Å². The van der Waals surface area contributed by atoms with Crippen LogP contribution in [0.5, 0.6) is 0 Å². The van der Waals surface area contributed by atoms with E-state index in [-0.39, 0.29) is 24.9 Å². The summed E-state index contributed by atoms with van der Waals surface area (Å²) in [5.41, 5.74) is 1.94. The first-order chi connectivity index (χ1) is 12.0. The summed E-state index contributed by atoms with van der Waals surface area (Å²) in [5, 5.41) is 2.87. The Morgan fingerprint density at radius 1 is 1.08 bits per heavy atom. The van der Waals surface area contributed by atoms with Crippen molar-refractivity contribution in [3.63, 3.8) is 0 Å². The van der Waals surface area contributed by atoms with Gasteiger partial charge in [-0.1, -0.05) is 37.0 Å². The molecule has 0 atom stereocenters. The van der Waals surface area contributed by atoms with E-state index in [2.05, 4.69) is 5.32 Å². The highest BCUT2D eigenvalue weighted by Gasteiger charge is 2.24. The third kappa shape index (κ3) is 6.16. The third-order valence-corrected chi connectivity index (χ3v) is 4.83. The van der Waals surface area contributed by atoms with E-state index >= 15 is 0 Å². The van der Waals surface area contributed by atoms with Crippen LogP contribution in [-0.4, -0.2) is 54.3 Å². The van der Waals surface area contributed by atoms with E-state index in [0.29, 0.717) is 6.04 Å². The fourth-order valence-corrected chi connectivity index (χ4v) is 3.49. The number of carbonyl (C=O) groups is 2. The van der Waals surface area contributed by atoms with Gasteiger partial charge in [-0.05, 0) is 45.9 Å². The van der Waals surface area contributed by atoms with Crippen molar-refractivity contribution in [2.45, 2.75) is 52.0 Å². The van der Waals surface area contributed by atoms with Crippen LogP contribution in [0.15, 0.2) is 24.3 Å². The molecule has 1 aliphatic carbocycles. The molecular weight excluding hydrogens is 314 g/mol. The predicted molar refractivity (Wildman–Crippen MR) is 102 cm³/mol. The maximum atomic E-state index is 12.6. The highest BCUT2D eigenvalue weighted by molar-refractivity contribution is 5.92. The number of hydrogen-bond acceptors (Lipinski definition) is 3. The molecule has 2 rings (SSSR count). The molecule has 0 aliphatic heterocycles. The molecule has 0 unspecified atom stereocenters. The van der Waals surface area contributed by atoms with Crippen LogP contribution in [0.1, 0.15) is 44.6 Å². The summed E-state index contributed by atoms with van der Waals surface area (Å²) in [6.07, 6.45) is 5.92. The Bertz CT molecular complexity index is 565. The maximum absolute atomic E-state index is 12.6. The Morgan fingerprint density at radius 2 is 1.72 bits per heavy atom. The molecule has 1 aromatic rings. The highest BCUT2D eigenvalue weighted by atomic mass is 16.2. The SMILES string of the molecule is CCN(C(=O)CN(C)CC(=O)Nc1ccc(C)cc1)C1CCCCC1. The Kier molecular flexibility index (Phi) is 7.44. The fraction of sp³-hybridized carbons (Fsp3) is 0.600. The molecule has 0 radical (unpaired) electrons. The molecule has 0 heterocycles. The van der Waals surface area contributed by atoms with E-state index in [1.807, 2.05) is 50.1 Å². The third-order valence-electron chi connectivity index (χ3n) is 4.83. The van der Waals surface area contributed by atoms with Gasteiger partial charge < -0.3 is 10.2 Å². The Balaban J connectivity index is 1.81. The van der Waals surface area contributed by atoms with Crippen LogP contribution in [0, 0.1) is 6.92 Å². The van der Waals surface area contributed by atoms with Gasteiger partial charge in [-0.3, -0.25) is 14.5 Å². The number of benzene rings is 1. The predicted octanol–water partition coefficient (Wildman–Crippen LogP) is 3.05. The van der Waals surface area contributed by atoms with Crippen LogP contribution in [0.2, 0.25) is 0 Å². The molecule has 25 heavy (non-hydrogen) atoms. The highest BCUT2D eigenvalue weighted by Crippen LogP contribution is 2.22. The van der Waals surface area contributed by atoms with Crippen LogP contribution in [0.4, 0.5) is 5.69 Å². The van der Waals surface area contributed by atoms with Gasteiger partial charge in [-0.15, -0.1) is 0 Å². The fourth-order valence-electron chi connectivity index (χ4n) is 3.49. The van der Waals surface area contributed by atoms with E-state index in [0.717, 1.165) is 30.6 Å². The summed E-state index contributed by atoms with van der Waals surface area (Å²) < 4.78 is 0. The van der Waals surface area contributed by atoms with Crippen LogP contribution >= 0.6 is 0 Å². The van der Waals surface area contributed by atoms with Crippen LogP contribution in [-0.2, 0) is 9.59 Å². The minimum absolute atomic E-state index is 0.0973. The van der Waals surface area contributed by atoms with Crippen molar-refractivity contribution >= 4 is 17.5 Å². The smallest absolute Gasteiger partial charge is 0.238 e. The summed E-state index contributed by atoms with van der Waals surface area (Å²) in [6, 6.07) is 8.08. The molecule has 1 aliphatic rings. The van der Waals surface area contributed by atoms with E-state index in [4.69, 9.17) is 0 Å². The maximum Gasteiger partial charge on any atom is 0.238 e. The quantitative estimate of drug-likeness (QED) is 0.826. The first kappa shape index (κ1) is 19.4. The van der Waals surface area contributed by atoms with Crippen molar-refractivity contribution < 1.29 is 9.59 Å². The second-order valence-electron chi connectivity index (χ2n) is 7.06. The summed E-state index contributed by atoms with van der Waals surface area (Å²) in [4.78, 5) is 28.5. The molecule has 0 saturated heterocycles. The molecule has 1 N–H and O–H groups in total. The second kappa shape index (κ2) is 9.56. The minimum atomic E-state index is -0.0973. The Hall–Kier alpha value is -1.88. The number of rotatable bonds is 7. The van der Waals surface area contributed by atoms with Crippen molar-refractivity contribution in [1.82, 2.24) is 9.80 Å². The van der Waals surface area contributed by atoms with Gasteiger partial charge in [-0.25, -0.2) is 0 Å². The van der Waals surface area contributed by atoms with Crippen molar-refractivity contribution in [3.05, 3.63) is 29.8 Å². The van der Waals surface area contributed by atoms with Crippen LogP contribution in [0.25, 0.3) is 0 Å². The van der Waals surface area contributed by atoms with E-state index in [1.165, 1.54) is 19.3 Å². The monoisotopic (exact) mass is 345 g/mol. The summed E-state index contributed by atoms with van der Waals surface area (Å²) >= 11 is 0. The number of nitrogens with zero attached hydrogens (tertiary/aromatic N) is 2. The van der Waals surface area contributed by atoms with Gasteiger partial charge in [-0.2, -0.15) is 0 Å². The number of aryl methyl sites for hydroxylation is 1. The lowest BCUT2D eigenvalue weighted by Gasteiger charge is -2.34. The molecule has 0 spiro atoms. The zero-order valence-electron chi connectivity index (χ0n) is 15.8. The zero-order valence-corrected chi connectivity index (χ0v) is 15.8. The van der Waals surface area contributed by atoms with Crippen LogP contribution < -0.4 is 5.32 Å². The van der Waals surface area contributed by atoms with E-state index in [1.54, 1.807) is 4.90 Å². The van der Waals surface area contributed by atoms with Crippen molar-refractivity contribution in [1.29, 1.82) is 0 Å². The lowest BCUT2D eigenvalue weighted by molar-refractivity contribution is -0.135. The Morgan fingerprint density at radius 3 is 2.32 bits per heavy atom. The molecule has 0 aromatic heterocycles. The van der Waals surface area contributed by atoms with Gasteiger partial charge in [0.25, 0.3) is 0 Å². The molecule has 2 amide bonds.